The summed E-state index contributed by atoms with van der Waals surface area (Å²) in [5.41, 5.74) is 2.03. The van der Waals surface area contributed by atoms with Gasteiger partial charge in [-0.3, -0.25) is 19.0 Å². The first-order valence-electron chi connectivity index (χ1n) is 11.6. The molecule has 9 nitrogen and oxygen atoms in total. The zero-order valence-corrected chi connectivity index (χ0v) is 19.8. The van der Waals surface area contributed by atoms with Crippen molar-refractivity contribution in [2.75, 3.05) is 18.2 Å². The van der Waals surface area contributed by atoms with Crippen molar-refractivity contribution in [2.24, 2.45) is 11.7 Å². The maximum absolute atomic E-state index is 14.8. The smallest absolute Gasteiger partial charge is 0.367 e. The van der Waals surface area contributed by atoms with Crippen LogP contribution in [0.1, 0.15) is 23.2 Å². The van der Waals surface area contributed by atoms with Crippen LogP contribution in [-0.4, -0.2) is 53.0 Å². The number of benzene rings is 1. The molecule has 1 aliphatic carbocycles. The number of nitrogens with one attached hydrogen (secondary N) is 1. The van der Waals surface area contributed by atoms with E-state index >= 15 is 0 Å². The minimum Gasteiger partial charge on any atom is -0.367 e. The predicted octanol–water partition coefficient (Wildman–Crippen LogP) is 2.52. The number of hydrogen-bond acceptors (Lipinski definition) is 6. The SMILES string of the molecule is NC(=O)[C@H]1CN(c2ccc3c(=O)c(C(=O)N[C@@H](C4CC4)C(F)(F)F)cn(-c4c(F)cc(F)cc4F)c3n2)CO1. The number of fused-ring (bicyclic) bond motifs is 1. The van der Waals surface area contributed by atoms with Crippen LogP contribution in [0.15, 0.2) is 35.3 Å². The molecule has 0 spiro atoms. The Morgan fingerprint density at radius 1 is 1.13 bits per heavy atom. The van der Waals surface area contributed by atoms with Gasteiger partial charge in [0.05, 0.1) is 11.9 Å². The molecule has 206 valence electrons. The number of aromatic nitrogens is 2. The number of alkyl halides is 3. The first-order chi connectivity index (χ1) is 18.3. The highest BCUT2D eigenvalue weighted by atomic mass is 19.4. The number of nitrogens with zero attached hydrogens (tertiary/aromatic N) is 3. The van der Waals surface area contributed by atoms with E-state index < -0.39 is 75.8 Å². The summed E-state index contributed by atoms with van der Waals surface area (Å²) in [6.07, 6.45) is -4.66. The Morgan fingerprint density at radius 2 is 1.79 bits per heavy atom. The molecule has 1 aliphatic heterocycles. The number of hydrogen-bond donors (Lipinski definition) is 2. The summed E-state index contributed by atoms with van der Waals surface area (Å²) in [6.45, 7) is -0.173. The van der Waals surface area contributed by atoms with Crippen molar-refractivity contribution in [3.05, 3.63) is 63.7 Å². The summed E-state index contributed by atoms with van der Waals surface area (Å²) in [5, 5.41) is 1.45. The van der Waals surface area contributed by atoms with Crippen molar-refractivity contribution in [1.82, 2.24) is 14.9 Å². The van der Waals surface area contributed by atoms with Gasteiger partial charge in [-0.2, -0.15) is 13.2 Å². The number of anilines is 1. The Bertz CT molecular complexity index is 1530. The number of halogens is 6. The molecule has 2 aromatic heterocycles. The van der Waals surface area contributed by atoms with Crippen molar-refractivity contribution in [2.45, 2.75) is 31.2 Å². The fraction of sp³-hybridized carbons (Fsp3) is 0.333. The molecular formula is C24H19F6N5O4. The number of primary amides is 1. The zero-order valence-electron chi connectivity index (χ0n) is 19.8. The maximum Gasteiger partial charge on any atom is 0.408 e. The van der Waals surface area contributed by atoms with Gasteiger partial charge in [0.15, 0.2) is 23.4 Å². The van der Waals surface area contributed by atoms with Crippen LogP contribution in [0.5, 0.6) is 0 Å². The standard InChI is InChI=1S/C24H19F6N5O4/c25-11-5-14(26)18(15(27)6-11)35-7-13(23(38)33-20(10-1-2-10)24(28,29)30)19(36)12-3-4-17(32-22(12)35)34-8-16(21(31)37)39-9-34/h3-7,10,16,20H,1-2,8-9H2,(H2,31,37)(H,33,38)/t16-,20+/m1/s1. The second kappa shape index (κ2) is 9.55. The van der Waals surface area contributed by atoms with Gasteiger partial charge in [-0.05, 0) is 30.9 Å². The Labute approximate surface area is 215 Å². The van der Waals surface area contributed by atoms with Crippen LogP contribution < -0.4 is 21.4 Å². The monoisotopic (exact) mass is 555 g/mol. The lowest BCUT2D eigenvalue weighted by Gasteiger charge is -2.22. The number of carbonyl (C=O) groups excluding carboxylic acids is 2. The third-order valence-corrected chi connectivity index (χ3v) is 6.50. The Balaban J connectivity index is 1.67. The van der Waals surface area contributed by atoms with E-state index in [-0.39, 0.29) is 37.3 Å². The van der Waals surface area contributed by atoms with Gasteiger partial charge in [-0.1, -0.05) is 0 Å². The van der Waals surface area contributed by atoms with Crippen LogP contribution in [-0.2, 0) is 9.53 Å². The van der Waals surface area contributed by atoms with Gasteiger partial charge < -0.3 is 20.7 Å². The van der Waals surface area contributed by atoms with Crippen molar-refractivity contribution in [1.29, 1.82) is 0 Å². The van der Waals surface area contributed by atoms with Gasteiger partial charge >= 0.3 is 6.18 Å². The van der Waals surface area contributed by atoms with Gasteiger partial charge in [0.2, 0.25) is 11.3 Å². The summed E-state index contributed by atoms with van der Waals surface area (Å²) in [4.78, 5) is 43.3. The third-order valence-electron chi connectivity index (χ3n) is 6.50. The van der Waals surface area contributed by atoms with Gasteiger partial charge in [0.1, 0.15) is 35.7 Å². The lowest BCUT2D eigenvalue weighted by molar-refractivity contribution is -0.158. The Hall–Kier alpha value is -4.14. The third kappa shape index (κ3) is 5.01. The average molecular weight is 555 g/mol. The van der Waals surface area contributed by atoms with Crippen molar-refractivity contribution >= 4 is 28.7 Å². The molecule has 15 heteroatoms. The highest BCUT2D eigenvalue weighted by Gasteiger charge is 2.50. The lowest BCUT2D eigenvalue weighted by Crippen LogP contribution is -2.48. The van der Waals surface area contributed by atoms with Gasteiger partial charge in [-0.25, -0.2) is 18.2 Å². The maximum atomic E-state index is 14.8. The van der Waals surface area contributed by atoms with Crippen LogP contribution in [0, 0.1) is 23.4 Å². The molecule has 5 rings (SSSR count). The first kappa shape index (κ1) is 26.5. The Kier molecular flexibility index (Phi) is 6.48. The molecule has 2 amide bonds. The van der Waals surface area contributed by atoms with Crippen LogP contribution >= 0.6 is 0 Å². The molecule has 1 aromatic carbocycles. The predicted molar refractivity (Wildman–Crippen MR) is 124 cm³/mol. The zero-order chi connectivity index (χ0) is 28.2. The molecule has 3 N–H and O–H groups in total. The summed E-state index contributed by atoms with van der Waals surface area (Å²) >= 11 is 0. The fourth-order valence-corrected chi connectivity index (χ4v) is 4.40. The average Bonchev–Trinajstić information content (AvgIpc) is 3.55. The molecule has 39 heavy (non-hydrogen) atoms. The normalized spacial score (nSPS) is 18.4. The number of rotatable bonds is 6. The number of nitrogens with two attached hydrogens (primary N) is 1. The number of ether oxygens (including phenoxy) is 1. The van der Waals surface area contributed by atoms with Crippen molar-refractivity contribution < 1.29 is 40.7 Å². The van der Waals surface area contributed by atoms with Crippen LogP contribution in [0.2, 0.25) is 0 Å². The van der Waals surface area contributed by atoms with E-state index in [1.165, 1.54) is 11.0 Å². The molecule has 3 heterocycles. The number of pyridine rings is 2. The molecule has 0 unspecified atom stereocenters. The molecule has 1 saturated heterocycles. The van der Waals surface area contributed by atoms with Crippen LogP contribution in [0.3, 0.4) is 0 Å². The molecule has 2 atom stereocenters. The molecule has 2 aliphatic rings. The van der Waals surface area contributed by atoms with Crippen molar-refractivity contribution in [3.63, 3.8) is 0 Å². The minimum atomic E-state index is -4.79. The van der Waals surface area contributed by atoms with E-state index in [1.807, 2.05) is 5.32 Å². The second-order valence-corrected chi connectivity index (χ2v) is 9.24. The summed E-state index contributed by atoms with van der Waals surface area (Å²) in [7, 11) is 0. The lowest BCUT2D eigenvalue weighted by atomic mass is 10.1. The van der Waals surface area contributed by atoms with Crippen LogP contribution in [0.25, 0.3) is 16.7 Å². The first-order valence-corrected chi connectivity index (χ1v) is 11.6. The van der Waals surface area contributed by atoms with Crippen LogP contribution in [0.4, 0.5) is 32.2 Å². The molecular weight excluding hydrogens is 536 g/mol. The minimum absolute atomic E-state index is 0.0299. The second-order valence-electron chi connectivity index (χ2n) is 9.24. The molecule has 0 bridgehead atoms. The highest BCUT2D eigenvalue weighted by Crippen LogP contribution is 2.40. The Morgan fingerprint density at radius 3 is 2.36 bits per heavy atom. The number of amides is 2. The van der Waals surface area contributed by atoms with E-state index in [9.17, 15) is 40.7 Å². The van der Waals surface area contributed by atoms with E-state index in [0.717, 1.165) is 6.07 Å². The fourth-order valence-electron chi connectivity index (χ4n) is 4.40. The molecule has 3 aromatic rings. The van der Waals surface area contributed by atoms with Gasteiger partial charge in [0, 0.05) is 18.3 Å². The van der Waals surface area contributed by atoms with Gasteiger partial charge in [-0.15, -0.1) is 0 Å². The van der Waals surface area contributed by atoms with Crippen molar-refractivity contribution in [3.8, 4) is 5.69 Å². The van der Waals surface area contributed by atoms with E-state index in [1.54, 1.807) is 0 Å². The molecule has 0 radical (unpaired) electrons. The van der Waals surface area contributed by atoms with E-state index in [2.05, 4.69) is 4.98 Å². The van der Waals surface area contributed by atoms with Gasteiger partial charge in [0.25, 0.3) is 5.91 Å². The summed E-state index contributed by atoms with van der Waals surface area (Å²) in [6, 6.07) is 0.936. The van der Waals surface area contributed by atoms with E-state index in [4.69, 9.17) is 10.5 Å². The molecule has 1 saturated carbocycles. The summed E-state index contributed by atoms with van der Waals surface area (Å²) in [5.74, 6) is -7.04. The van der Waals surface area contributed by atoms with E-state index in [0.29, 0.717) is 22.9 Å². The molecule has 2 fully saturated rings. The largest absolute Gasteiger partial charge is 0.408 e. The number of carbonyl (C=O) groups is 2. The topological polar surface area (TPSA) is 120 Å². The highest BCUT2D eigenvalue weighted by molar-refractivity contribution is 5.97. The summed E-state index contributed by atoms with van der Waals surface area (Å²) < 4.78 is 89.8. The quantitative estimate of drug-likeness (QED) is 0.452.